The van der Waals surface area contributed by atoms with E-state index in [9.17, 15) is 18.0 Å². The maximum absolute atomic E-state index is 13.2. The van der Waals surface area contributed by atoms with Gasteiger partial charge in [-0.1, -0.05) is 42.6 Å². The Morgan fingerprint density at radius 3 is 2.19 bits per heavy atom. The summed E-state index contributed by atoms with van der Waals surface area (Å²) < 4.78 is 27.4. The number of hydrogen-bond donors (Lipinski definition) is 1. The minimum absolute atomic E-state index is 0.0637. The lowest BCUT2D eigenvalue weighted by molar-refractivity contribution is 0.0691. The van der Waals surface area contributed by atoms with E-state index in [1.165, 1.54) is 23.4 Å². The number of amides is 1. The van der Waals surface area contributed by atoms with E-state index in [2.05, 4.69) is 4.98 Å². The molecule has 1 fully saturated rings. The zero-order chi connectivity index (χ0) is 22.9. The fraction of sp³-hybridized carbons (Fsp3) is 0.429. The largest absolute Gasteiger partial charge is 0.354 e. The van der Waals surface area contributed by atoms with Crippen LogP contribution >= 0.6 is 23.2 Å². The average Bonchev–Trinajstić information content (AvgIpc) is 3.03. The molecule has 31 heavy (non-hydrogen) atoms. The van der Waals surface area contributed by atoms with E-state index in [1.54, 1.807) is 17.9 Å². The van der Waals surface area contributed by atoms with Gasteiger partial charge in [-0.2, -0.15) is 4.31 Å². The number of nitrogens with zero attached hydrogens (tertiary/aromatic N) is 2. The molecule has 168 valence electrons. The van der Waals surface area contributed by atoms with Crippen LogP contribution in [-0.2, 0) is 16.4 Å². The summed E-state index contributed by atoms with van der Waals surface area (Å²) in [5.74, 6) is -0.310. The first-order chi connectivity index (χ1) is 14.6. The van der Waals surface area contributed by atoms with Gasteiger partial charge >= 0.3 is 0 Å². The predicted octanol–water partition coefficient (Wildman–Crippen LogP) is 3.93. The molecule has 2 aromatic rings. The summed E-state index contributed by atoms with van der Waals surface area (Å²) in [6, 6.07) is 4.55. The number of benzene rings is 1. The number of H-pyrrole nitrogens is 1. The van der Waals surface area contributed by atoms with E-state index in [0.717, 1.165) is 12.0 Å². The predicted molar refractivity (Wildman–Crippen MR) is 121 cm³/mol. The van der Waals surface area contributed by atoms with Crippen LogP contribution in [0.3, 0.4) is 0 Å². The number of ketones is 1. The number of carbonyl (C=O) groups is 2. The summed E-state index contributed by atoms with van der Waals surface area (Å²) in [4.78, 5) is 29.8. The van der Waals surface area contributed by atoms with Crippen molar-refractivity contribution in [2.45, 2.75) is 38.5 Å². The molecule has 1 amide bonds. The molecule has 0 radical (unpaired) electrons. The molecule has 0 atom stereocenters. The second kappa shape index (κ2) is 9.32. The van der Waals surface area contributed by atoms with Gasteiger partial charge in [0.05, 0.1) is 10.0 Å². The molecule has 10 heteroatoms. The van der Waals surface area contributed by atoms with E-state index in [0.29, 0.717) is 23.4 Å². The highest BCUT2D eigenvalue weighted by molar-refractivity contribution is 7.89. The zero-order valence-corrected chi connectivity index (χ0v) is 20.0. The highest BCUT2D eigenvalue weighted by Crippen LogP contribution is 2.32. The second-order valence-corrected chi connectivity index (χ2v) is 10.2. The Morgan fingerprint density at radius 1 is 1.10 bits per heavy atom. The monoisotopic (exact) mass is 485 g/mol. The van der Waals surface area contributed by atoms with Gasteiger partial charge in [0.1, 0.15) is 10.6 Å². The van der Waals surface area contributed by atoms with Gasteiger partial charge in [-0.15, -0.1) is 0 Å². The SMILES string of the molecule is CCCc1c(C(=O)N2CCN(S(=O)(=O)c3c(Cl)cccc3Cl)CC2)[nH]c(C)c1C(C)=O. The summed E-state index contributed by atoms with van der Waals surface area (Å²) in [5, 5.41) is 0.127. The van der Waals surface area contributed by atoms with Gasteiger partial charge in [0.25, 0.3) is 5.91 Å². The molecule has 1 N–H and O–H groups in total. The van der Waals surface area contributed by atoms with Crippen molar-refractivity contribution >= 4 is 44.9 Å². The number of aromatic nitrogens is 1. The molecule has 0 aliphatic carbocycles. The van der Waals surface area contributed by atoms with E-state index < -0.39 is 10.0 Å². The molecule has 1 aliphatic heterocycles. The van der Waals surface area contributed by atoms with Gasteiger partial charge in [-0.3, -0.25) is 9.59 Å². The summed E-state index contributed by atoms with van der Waals surface area (Å²) in [7, 11) is -3.89. The van der Waals surface area contributed by atoms with Gasteiger partial charge in [0.2, 0.25) is 10.0 Å². The van der Waals surface area contributed by atoms with Crippen molar-refractivity contribution in [3.8, 4) is 0 Å². The Hall–Kier alpha value is -1.87. The third kappa shape index (κ3) is 4.53. The molecule has 0 saturated carbocycles. The van der Waals surface area contributed by atoms with Crippen molar-refractivity contribution in [2.75, 3.05) is 26.2 Å². The van der Waals surface area contributed by atoms with E-state index in [1.807, 2.05) is 6.92 Å². The Kier molecular flexibility index (Phi) is 7.15. The van der Waals surface area contributed by atoms with E-state index in [-0.39, 0.29) is 52.8 Å². The summed E-state index contributed by atoms with van der Waals surface area (Å²) in [6.07, 6.45) is 1.40. The van der Waals surface area contributed by atoms with Crippen molar-refractivity contribution < 1.29 is 18.0 Å². The van der Waals surface area contributed by atoms with E-state index >= 15 is 0 Å². The molecule has 1 saturated heterocycles. The van der Waals surface area contributed by atoms with Crippen molar-refractivity contribution in [1.29, 1.82) is 0 Å². The lowest BCUT2D eigenvalue weighted by Gasteiger charge is -2.34. The van der Waals surface area contributed by atoms with Crippen LogP contribution in [0.1, 0.15) is 52.4 Å². The van der Waals surface area contributed by atoms with Crippen LogP contribution in [0.25, 0.3) is 0 Å². The molecule has 0 unspecified atom stereocenters. The molecular formula is C21H25Cl2N3O4S. The number of carbonyl (C=O) groups excluding carboxylic acids is 2. The Balaban J connectivity index is 1.81. The quantitative estimate of drug-likeness (QED) is 0.627. The highest BCUT2D eigenvalue weighted by Gasteiger charge is 2.34. The molecule has 1 aliphatic rings. The lowest BCUT2D eigenvalue weighted by atomic mass is 10.0. The van der Waals surface area contributed by atoms with Crippen LogP contribution in [0.5, 0.6) is 0 Å². The third-order valence-corrected chi connectivity index (χ3v) is 8.25. The number of aryl methyl sites for hydroxylation is 1. The van der Waals surface area contributed by atoms with Gasteiger partial charge in [0.15, 0.2) is 5.78 Å². The van der Waals surface area contributed by atoms with Crippen LogP contribution in [0.15, 0.2) is 23.1 Å². The summed E-state index contributed by atoms with van der Waals surface area (Å²) >= 11 is 12.2. The molecule has 0 spiro atoms. The maximum atomic E-state index is 13.2. The number of aromatic amines is 1. The molecule has 7 nitrogen and oxygen atoms in total. The first kappa shape index (κ1) is 23.8. The van der Waals surface area contributed by atoms with Crippen LogP contribution in [0, 0.1) is 6.92 Å². The van der Waals surface area contributed by atoms with Crippen molar-refractivity contribution in [1.82, 2.24) is 14.2 Å². The molecule has 2 heterocycles. The number of sulfonamides is 1. The smallest absolute Gasteiger partial charge is 0.270 e. The van der Waals surface area contributed by atoms with Gasteiger partial charge < -0.3 is 9.88 Å². The van der Waals surface area contributed by atoms with E-state index in [4.69, 9.17) is 23.2 Å². The van der Waals surface area contributed by atoms with Gasteiger partial charge in [0, 0.05) is 37.4 Å². The Morgan fingerprint density at radius 2 is 1.68 bits per heavy atom. The summed E-state index contributed by atoms with van der Waals surface area (Å²) in [6.45, 7) is 5.95. The summed E-state index contributed by atoms with van der Waals surface area (Å²) in [5.41, 5.74) is 2.39. The molecule has 1 aromatic carbocycles. The number of piperazine rings is 1. The zero-order valence-electron chi connectivity index (χ0n) is 17.7. The number of hydrogen-bond acceptors (Lipinski definition) is 4. The molecule has 3 rings (SSSR count). The number of halogens is 2. The molecule has 0 bridgehead atoms. The van der Waals surface area contributed by atoms with Crippen LogP contribution < -0.4 is 0 Å². The first-order valence-corrected chi connectivity index (χ1v) is 12.2. The molecule has 1 aromatic heterocycles. The number of nitrogens with one attached hydrogen (secondary N) is 1. The van der Waals surface area contributed by atoms with Crippen molar-refractivity contribution in [2.24, 2.45) is 0 Å². The van der Waals surface area contributed by atoms with Crippen molar-refractivity contribution in [3.05, 3.63) is 50.8 Å². The number of Topliss-reactive ketones (excluding diaryl/α,β-unsaturated/α-hetero) is 1. The fourth-order valence-corrected chi connectivity index (χ4v) is 6.50. The topological polar surface area (TPSA) is 90.6 Å². The van der Waals surface area contributed by atoms with Crippen LogP contribution in [0.2, 0.25) is 10.0 Å². The van der Waals surface area contributed by atoms with Crippen LogP contribution in [-0.4, -0.2) is 60.5 Å². The third-order valence-electron chi connectivity index (χ3n) is 5.40. The number of rotatable bonds is 6. The fourth-order valence-electron chi connectivity index (χ4n) is 3.98. The minimum Gasteiger partial charge on any atom is -0.354 e. The first-order valence-electron chi connectivity index (χ1n) is 10.0. The molecular weight excluding hydrogens is 461 g/mol. The van der Waals surface area contributed by atoms with Gasteiger partial charge in [-0.05, 0) is 38.0 Å². The second-order valence-electron chi connectivity index (χ2n) is 7.53. The standard InChI is InChI=1S/C21H25Cl2N3O4S/c1-4-6-15-18(14(3)27)13(2)24-19(15)21(28)25-9-11-26(12-10-25)31(29,30)20-16(22)7-5-8-17(20)23/h5,7-8,24H,4,6,9-12H2,1-3H3. The highest BCUT2D eigenvalue weighted by atomic mass is 35.5. The lowest BCUT2D eigenvalue weighted by Crippen LogP contribution is -2.50. The van der Waals surface area contributed by atoms with Gasteiger partial charge in [-0.25, -0.2) is 8.42 Å². The Bertz CT molecular complexity index is 1100. The minimum atomic E-state index is -3.89. The maximum Gasteiger partial charge on any atom is 0.270 e. The normalized spacial score (nSPS) is 15.3. The Labute approximate surface area is 192 Å². The van der Waals surface area contributed by atoms with Crippen molar-refractivity contribution in [3.63, 3.8) is 0 Å². The van der Waals surface area contributed by atoms with Crippen LogP contribution in [0.4, 0.5) is 0 Å². The average molecular weight is 486 g/mol.